The summed E-state index contributed by atoms with van der Waals surface area (Å²) in [6.45, 7) is 2.05. The number of aliphatic imine (C=N–C) groups is 1. The first-order valence-corrected chi connectivity index (χ1v) is 5.20. The molecule has 15 heavy (non-hydrogen) atoms. The number of rotatable bonds is 1. The predicted molar refractivity (Wildman–Crippen MR) is 53.6 cm³/mol. The number of amides is 1. The van der Waals surface area contributed by atoms with Crippen molar-refractivity contribution in [2.75, 3.05) is 6.54 Å². The van der Waals surface area contributed by atoms with Crippen molar-refractivity contribution in [2.24, 2.45) is 10.9 Å². The van der Waals surface area contributed by atoms with E-state index in [9.17, 15) is 9.59 Å². The highest BCUT2D eigenvalue weighted by Gasteiger charge is 2.39. The smallest absolute Gasteiger partial charge is 0.318 e. The molecular formula is C10H14N2O3. The summed E-state index contributed by atoms with van der Waals surface area (Å²) in [4.78, 5) is 28.5. The summed E-state index contributed by atoms with van der Waals surface area (Å²) in [6.07, 6.45) is 2.75. The lowest BCUT2D eigenvalue weighted by atomic mass is 9.97. The standard InChI is InChI=1S/C10H14N2O3/c1-6-3-2-4-8-11-5-7(10(14)15)9(13)12(6)8/h6-7H,2-5H2,1H3,(H,14,15). The van der Waals surface area contributed by atoms with E-state index < -0.39 is 11.9 Å². The molecular weight excluding hydrogens is 196 g/mol. The number of amidine groups is 1. The number of carbonyl (C=O) groups excluding carboxylic acids is 1. The Morgan fingerprint density at radius 2 is 2.33 bits per heavy atom. The Hall–Kier alpha value is -1.39. The zero-order valence-electron chi connectivity index (χ0n) is 8.64. The van der Waals surface area contributed by atoms with E-state index in [-0.39, 0.29) is 18.5 Å². The van der Waals surface area contributed by atoms with Crippen molar-refractivity contribution in [1.29, 1.82) is 0 Å². The molecule has 0 bridgehead atoms. The third-order valence-corrected chi connectivity index (χ3v) is 3.03. The van der Waals surface area contributed by atoms with E-state index in [1.165, 1.54) is 0 Å². The van der Waals surface area contributed by atoms with E-state index in [1.807, 2.05) is 6.92 Å². The van der Waals surface area contributed by atoms with Gasteiger partial charge >= 0.3 is 5.97 Å². The van der Waals surface area contributed by atoms with Crippen LogP contribution in [0.15, 0.2) is 4.99 Å². The quantitative estimate of drug-likeness (QED) is 0.641. The second kappa shape index (κ2) is 3.64. The van der Waals surface area contributed by atoms with Crippen molar-refractivity contribution in [3.8, 4) is 0 Å². The number of nitrogens with zero attached hydrogens (tertiary/aromatic N) is 2. The third-order valence-electron chi connectivity index (χ3n) is 3.03. The Morgan fingerprint density at radius 1 is 1.60 bits per heavy atom. The van der Waals surface area contributed by atoms with Gasteiger partial charge in [0, 0.05) is 12.5 Å². The van der Waals surface area contributed by atoms with Gasteiger partial charge in [0.15, 0.2) is 5.92 Å². The second-order valence-corrected chi connectivity index (χ2v) is 4.10. The highest BCUT2D eigenvalue weighted by molar-refractivity contribution is 6.08. The molecule has 0 aromatic rings. The molecule has 2 heterocycles. The Balaban J connectivity index is 2.28. The number of carboxylic acid groups (broad SMARTS) is 1. The van der Waals surface area contributed by atoms with E-state index in [2.05, 4.69) is 4.99 Å². The van der Waals surface area contributed by atoms with Gasteiger partial charge in [-0.1, -0.05) is 0 Å². The zero-order valence-corrected chi connectivity index (χ0v) is 8.64. The van der Waals surface area contributed by atoms with Crippen LogP contribution in [0.2, 0.25) is 0 Å². The van der Waals surface area contributed by atoms with Crippen molar-refractivity contribution in [3.63, 3.8) is 0 Å². The zero-order chi connectivity index (χ0) is 11.0. The van der Waals surface area contributed by atoms with Crippen molar-refractivity contribution in [2.45, 2.75) is 32.2 Å². The first-order valence-electron chi connectivity index (χ1n) is 5.20. The first-order chi connectivity index (χ1) is 7.11. The van der Waals surface area contributed by atoms with Crippen LogP contribution in [-0.2, 0) is 9.59 Å². The molecule has 0 aliphatic carbocycles. The van der Waals surface area contributed by atoms with Gasteiger partial charge in [0.2, 0.25) is 5.91 Å². The molecule has 2 atom stereocenters. The van der Waals surface area contributed by atoms with E-state index in [0.717, 1.165) is 25.1 Å². The molecule has 0 aromatic heterocycles. The molecule has 0 aromatic carbocycles. The van der Waals surface area contributed by atoms with E-state index in [1.54, 1.807) is 4.90 Å². The molecule has 0 spiro atoms. The van der Waals surface area contributed by atoms with Crippen LogP contribution in [0.25, 0.3) is 0 Å². The van der Waals surface area contributed by atoms with Crippen LogP contribution in [0.1, 0.15) is 26.2 Å². The van der Waals surface area contributed by atoms with Crippen LogP contribution in [0, 0.1) is 5.92 Å². The summed E-state index contributed by atoms with van der Waals surface area (Å²) >= 11 is 0. The monoisotopic (exact) mass is 210 g/mol. The second-order valence-electron chi connectivity index (χ2n) is 4.10. The maximum Gasteiger partial charge on any atom is 0.318 e. The lowest BCUT2D eigenvalue weighted by molar-refractivity contribution is -0.150. The number of aliphatic carboxylic acids is 1. The van der Waals surface area contributed by atoms with Crippen molar-refractivity contribution < 1.29 is 14.7 Å². The van der Waals surface area contributed by atoms with Gasteiger partial charge in [0.25, 0.3) is 0 Å². The molecule has 0 radical (unpaired) electrons. The van der Waals surface area contributed by atoms with Crippen LogP contribution in [-0.4, -0.2) is 40.3 Å². The molecule has 2 aliphatic rings. The van der Waals surface area contributed by atoms with Crippen molar-refractivity contribution >= 4 is 17.7 Å². The molecule has 1 amide bonds. The average molecular weight is 210 g/mol. The van der Waals surface area contributed by atoms with Crippen LogP contribution in [0.4, 0.5) is 0 Å². The van der Waals surface area contributed by atoms with Crippen molar-refractivity contribution in [1.82, 2.24) is 4.90 Å². The number of hydrogen-bond donors (Lipinski definition) is 1. The topological polar surface area (TPSA) is 70.0 Å². The molecule has 2 unspecified atom stereocenters. The number of fused-ring (bicyclic) bond motifs is 1. The van der Waals surface area contributed by atoms with Crippen molar-refractivity contribution in [3.05, 3.63) is 0 Å². The summed E-state index contributed by atoms with van der Waals surface area (Å²) in [7, 11) is 0. The Bertz CT molecular complexity index is 338. The van der Waals surface area contributed by atoms with Crippen LogP contribution in [0.3, 0.4) is 0 Å². The molecule has 82 valence electrons. The summed E-state index contributed by atoms with van der Waals surface area (Å²) < 4.78 is 0. The minimum Gasteiger partial charge on any atom is -0.481 e. The lowest BCUT2D eigenvalue weighted by Gasteiger charge is -2.38. The number of piperidine rings is 1. The SMILES string of the molecule is CC1CCCC2=NCC(C(=O)O)C(=O)N21. The number of hydrogen-bond acceptors (Lipinski definition) is 3. The van der Waals surface area contributed by atoms with Crippen LogP contribution < -0.4 is 0 Å². The van der Waals surface area contributed by atoms with Gasteiger partial charge in [-0.15, -0.1) is 0 Å². The fourth-order valence-corrected chi connectivity index (χ4v) is 2.19. The molecule has 5 heteroatoms. The minimum absolute atomic E-state index is 0.0900. The van der Waals surface area contributed by atoms with Crippen LogP contribution >= 0.6 is 0 Å². The molecule has 2 rings (SSSR count). The van der Waals surface area contributed by atoms with Gasteiger partial charge in [-0.2, -0.15) is 0 Å². The Labute approximate surface area is 87.8 Å². The molecule has 1 fully saturated rings. The highest BCUT2D eigenvalue weighted by atomic mass is 16.4. The highest BCUT2D eigenvalue weighted by Crippen LogP contribution is 2.24. The molecule has 0 saturated carbocycles. The summed E-state index contributed by atoms with van der Waals surface area (Å²) in [5, 5.41) is 8.87. The fraction of sp³-hybridized carbons (Fsp3) is 0.700. The lowest BCUT2D eigenvalue weighted by Crippen LogP contribution is -2.53. The minimum atomic E-state index is -1.07. The number of carboxylic acids is 1. The third kappa shape index (κ3) is 1.62. The van der Waals surface area contributed by atoms with Gasteiger partial charge in [-0.05, 0) is 19.8 Å². The molecule has 2 aliphatic heterocycles. The molecule has 1 saturated heterocycles. The maximum absolute atomic E-state index is 11.9. The Kier molecular flexibility index (Phi) is 2.46. The number of carbonyl (C=O) groups is 2. The van der Waals surface area contributed by atoms with Gasteiger partial charge < -0.3 is 5.11 Å². The molecule has 5 nitrogen and oxygen atoms in total. The fourth-order valence-electron chi connectivity index (χ4n) is 2.19. The summed E-state index contributed by atoms with van der Waals surface area (Å²) in [5.41, 5.74) is 0. The van der Waals surface area contributed by atoms with Gasteiger partial charge in [0.05, 0.1) is 6.54 Å². The Morgan fingerprint density at radius 3 is 3.00 bits per heavy atom. The van der Waals surface area contributed by atoms with Crippen LogP contribution in [0.5, 0.6) is 0 Å². The van der Waals surface area contributed by atoms with Gasteiger partial charge in [-0.3, -0.25) is 19.5 Å². The van der Waals surface area contributed by atoms with E-state index in [4.69, 9.17) is 5.11 Å². The predicted octanol–water partition coefficient (Wildman–Crippen LogP) is 0.500. The molecule has 1 N–H and O–H groups in total. The largest absolute Gasteiger partial charge is 0.481 e. The maximum atomic E-state index is 11.9. The normalized spacial score (nSPS) is 30.9. The van der Waals surface area contributed by atoms with Gasteiger partial charge in [0.1, 0.15) is 5.84 Å². The van der Waals surface area contributed by atoms with E-state index in [0.29, 0.717) is 0 Å². The van der Waals surface area contributed by atoms with E-state index >= 15 is 0 Å². The average Bonchev–Trinajstić information content (AvgIpc) is 2.17. The summed E-state index contributed by atoms with van der Waals surface area (Å²) in [6, 6.07) is 0.0900. The summed E-state index contributed by atoms with van der Waals surface area (Å²) in [5.74, 6) is -1.56. The van der Waals surface area contributed by atoms with Gasteiger partial charge in [-0.25, -0.2) is 0 Å². The first kappa shape index (κ1) is 10.1.